The van der Waals surface area contributed by atoms with Crippen LogP contribution >= 0.6 is 0 Å². The normalized spacial score (nSPS) is 12.1. The Bertz CT molecular complexity index is 993. The number of carbonyl (C=O) groups excluding carboxylic acids is 1. The van der Waals surface area contributed by atoms with E-state index in [1.165, 1.54) is 6.07 Å². The van der Waals surface area contributed by atoms with E-state index in [-0.39, 0.29) is 11.8 Å². The number of rotatable bonds is 9. The quantitative estimate of drug-likeness (QED) is 0.489. The Morgan fingerprint density at radius 2 is 1.82 bits per heavy atom. The summed E-state index contributed by atoms with van der Waals surface area (Å²) in [6, 6.07) is 6.64. The third-order valence-electron chi connectivity index (χ3n) is 4.41. The van der Waals surface area contributed by atoms with Gasteiger partial charge in [0.25, 0.3) is 0 Å². The van der Waals surface area contributed by atoms with Gasteiger partial charge in [-0.2, -0.15) is 0 Å². The van der Waals surface area contributed by atoms with Crippen LogP contribution in [0.15, 0.2) is 33.5 Å². The van der Waals surface area contributed by atoms with Gasteiger partial charge in [-0.3, -0.25) is 4.79 Å². The third-order valence-corrected chi connectivity index (χ3v) is 6.26. The monoisotopic (exact) mass is 408 g/mol. The number of hydrogen-bond donors (Lipinski definition) is 2. The number of amides is 1. The first-order valence-electron chi connectivity index (χ1n) is 9.46. The second-order valence-corrected chi connectivity index (χ2v) is 9.71. The lowest BCUT2D eigenvalue weighted by atomic mass is 9.99. The van der Waals surface area contributed by atoms with E-state index in [0.29, 0.717) is 37.1 Å². The summed E-state index contributed by atoms with van der Waals surface area (Å²) >= 11 is 0. The van der Waals surface area contributed by atoms with E-state index in [2.05, 4.69) is 10.0 Å². The average Bonchev–Trinajstić information content (AvgIpc) is 2.60. The van der Waals surface area contributed by atoms with Crippen molar-refractivity contribution in [2.45, 2.75) is 58.1 Å². The SMILES string of the molecule is CC(C)c1cc(NC(=O)CCCCNS(=O)(=O)C(C)C)cc2ccc(=O)oc12. The van der Waals surface area contributed by atoms with Gasteiger partial charge in [-0.15, -0.1) is 0 Å². The van der Waals surface area contributed by atoms with Crippen LogP contribution in [0.25, 0.3) is 11.0 Å². The van der Waals surface area contributed by atoms with Gasteiger partial charge in [0, 0.05) is 35.7 Å². The number of unbranched alkanes of at least 4 members (excludes halogenated alkanes) is 1. The largest absolute Gasteiger partial charge is 0.422 e. The zero-order chi connectivity index (χ0) is 20.9. The predicted octanol–water partition coefficient (Wildman–Crippen LogP) is 3.35. The Kier molecular flexibility index (Phi) is 7.37. The molecule has 0 atom stereocenters. The Hall–Kier alpha value is -2.19. The van der Waals surface area contributed by atoms with Gasteiger partial charge in [0.05, 0.1) is 5.25 Å². The fourth-order valence-corrected chi connectivity index (χ4v) is 3.49. The molecule has 1 heterocycles. The second-order valence-electron chi connectivity index (χ2n) is 7.39. The van der Waals surface area contributed by atoms with E-state index in [0.717, 1.165) is 10.9 Å². The molecule has 0 saturated heterocycles. The van der Waals surface area contributed by atoms with Gasteiger partial charge >= 0.3 is 5.63 Å². The first-order valence-corrected chi connectivity index (χ1v) is 11.0. The smallest absolute Gasteiger partial charge is 0.336 e. The van der Waals surface area contributed by atoms with Crippen LogP contribution in [0.4, 0.5) is 5.69 Å². The zero-order valence-corrected chi connectivity index (χ0v) is 17.6. The minimum Gasteiger partial charge on any atom is -0.422 e. The molecule has 0 radical (unpaired) electrons. The van der Waals surface area contributed by atoms with E-state index in [1.54, 1.807) is 26.0 Å². The van der Waals surface area contributed by atoms with Gasteiger partial charge in [0.1, 0.15) is 5.58 Å². The minimum atomic E-state index is -3.27. The first kappa shape index (κ1) is 22.1. The molecule has 0 spiro atoms. The number of benzene rings is 1. The molecule has 1 amide bonds. The third kappa shape index (κ3) is 5.90. The summed E-state index contributed by atoms with van der Waals surface area (Å²) in [5.74, 6) is -0.0166. The molecule has 154 valence electrons. The van der Waals surface area contributed by atoms with Gasteiger partial charge in [0.15, 0.2) is 0 Å². The maximum absolute atomic E-state index is 12.2. The van der Waals surface area contributed by atoms with Crippen LogP contribution in [0.3, 0.4) is 0 Å². The number of anilines is 1. The van der Waals surface area contributed by atoms with E-state index in [1.807, 2.05) is 19.9 Å². The highest BCUT2D eigenvalue weighted by atomic mass is 32.2. The number of fused-ring (bicyclic) bond motifs is 1. The standard InChI is InChI=1S/C20H28N2O5S/c1-13(2)17-12-16(11-15-8-9-19(24)27-20(15)17)22-18(23)7-5-6-10-21-28(25,26)14(3)4/h8-9,11-14,21H,5-7,10H2,1-4H3,(H,22,23). The van der Waals surface area contributed by atoms with Crippen molar-refractivity contribution in [3.63, 3.8) is 0 Å². The van der Waals surface area contributed by atoms with Gasteiger partial charge in [-0.1, -0.05) is 13.8 Å². The maximum atomic E-state index is 12.2. The average molecular weight is 409 g/mol. The van der Waals surface area contributed by atoms with E-state index < -0.39 is 20.9 Å². The van der Waals surface area contributed by atoms with Crippen molar-refractivity contribution in [3.8, 4) is 0 Å². The van der Waals surface area contributed by atoms with Crippen LogP contribution in [0.1, 0.15) is 58.4 Å². The molecular formula is C20H28N2O5S. The van der Waals surface area contributed by atoms with E-state index in [9.17, 15) is 18.0 Å². The molecule has 8 heteroatoms. The molecule has 0 bridgehead atoms. The lowest BCUT2D eigenvalue weighted by Crippen LogP contribution is -2.31. The molecule has 0 aliphatic carbocycles. The lowest BCUT2D eigenvalue weighted by molar-refractivity contribution is -0.116. The van der Waals surface area contributed by atoms with Crippen molar-refractivity contribution in [3.05, 3.63) is 40.2 Å². The first-order chi connectivity index (χ1) is 13.1. The van der Waals surface area contributed by atoms with Gasteiger partial charge in [0.2, 0.25) is 15.9 Å². The molecule has 0 aliphatic rings. The number of hydrogen-bond acceptors (Lipinski definition) is 5. The summed E-state index contributed by atoms with van der Waals surface area (Å²) in [6.45, 7) is 7.54. The van der Waals surface area contributed by atoms with Crippen LogP contribution in [0, 0.1) is 0 Å². The molecule has 28 heavy (non-hydrogen) atoms. The fraction of sp³-hybridized carbons (Fsp3) is 0.500. The molecule has 1 aromatic carbocycles. The summed E-state index contributed by atoms with van der Waals surface area (Å²) in [5.41, 5.74) is 1.64. The molecule has 0 aliphatic heterocycles. The molecular weight excluding hydrogens is 380 g/mol. The van der Waals surface area contributed by atoms with Crippen molar-refractivity contribution in [2.75, 3.05) is 11.9 Å². The zero-order valence-electron chi connectivity index (χ0n) is 16.7. The number of nitrogens with one attached hydrogen (secondary N) is 2. The molecule has 0 saturated carbocycles. The summed E-state index contributed by atoms with van der Waals surface area (Å²) in [4.78, 5) is 23.7. The minimum absolute atomic E-state index is 0.124. The second kappa shape index (κ2) is 9.34. The molecule has 0 fully saturated rings. The summed E-state index contributed by atoms with van der Waals surface area (Å²) in [7, 11) is -3.27. The topological polar surface area (TPSA) is 105 Å². The Labute approximate surface area is 165 Å². The fourth-order valence-electron chi connectivity index (χ4n) is 2.72. The highest BCUT2D eigenvalue weighted by Gasteiger charge is 2.15. The lowest BCUT2D eigenvalue weighted by Gasteiger charge is -2.13. The van der Waals surface area contributed by atoms with Crippen molar-refractivity contribution < 1.29 is 17.6 Å². The van der Waals surface area contributed by atoms with Crippen LogP contribution in [-0.2, 0) is 14.8 Å². The molecule has 2 rings (SSSR count). The summed E-state index contributed by atoms with van der Waals surface area (Å²) in [6.07, 6.45) is 1.45. The van der Waals surface area contributed by atoms with Crippen molar-refractivity contribution >= 4 is 32.6 Å². The Balaban J connectivity index is 1.96. The molecule has 1 aromatic heterocycles. The van der Waals surface area contributed by atoms with Crippen LogP contribution in [-0.4, -0.2) is 26.1 Å². The number of carbonyl (C=O) groups is 1. The van der Waals surface area contributed by atoms with Crippen molar-refractivity contribution in [1.29, 1.82) is 0 Å². The highest BCUT2D eigenvalue weighted by Crippen LogP contribution is 2.28. The Morgan fingerprint density at radius 1 is 1.11 bits per heavy atom. The van der Waals surface area contributed by atoms with Gasteiger partial charge in [-0.05, 0) is 50.8 Å². The molecule has 2 aromatic rings. The van der Waals surface area contributed by atoms with Crippen LogP contribution < -0.4 is 15.7 Å². The van der Waals surface area contributed by atoms with Gasteiger partial charge < -0.3 is 9.73 Å². The van der Waals surface area contributed by atoms with E-state index in [4.69, 9.17) is 4.42 Å². The maximum Gasteiger partial charge on any atom is 0.336 e. The molecule has 0 unspecified atom stereocenters. The predicted molar refractivity (Wildman–Crippen MR) is 111 cm³/mol. The Morgan fingerprint density at radius 3 is 2.46 bits per heavy atom. The summed E-state index contributed by atoms with van der Waals surface area (Å²) < 4.78 is 31.2. The molecule has 2 N–H and O–H groups in total. The van der Waals surface area contributed by atoms with Crippen molar-refractivity contribution in [2.24, 2.45) is 0 Å². The summed E-state index contributed by atoms with van der Waals surface area (Å²) in [5, 5.41) is 3.16. The van der Waals surface area contributed by atoms with Crippen molar-refractivity contribution in [1.82, 2.24) is 4.72 Å². The highest BCUT2D eigenvalue weighted by molar-refractivity contribution is 7.90. The van der Waals surface area contributed by atoms with Gasteiger partial charge in [-0.25, -0.2) is 17.9 Å². The number of sulfonamides is 1. The van der Waals surface area contributed by atoms with Crippen LogP contribution in [0.5, 0.6) is 0 Å². The van der Waals surface area contributed by atoms with Crippen LogP contribution in [0.2, 0.25) is 0 Å². The van der Waals surface area contributed by atoms with E-state index >= 15 is 0 Å². The molecule has 7 nitrogen and oxygen atoms in total.